The van der Waals surface area contributed by atoms with Crippen molar-refractivity contribution in [2.75, 3.05) is 20.2 Å². The summed E-state index contributed by atoms with van der Waals surface area (Å²) in [5.41, 5.74) is 6.67. The summed E-state index contributed by atoms with van der Waals surface area (Å²) in [6.45, 7) is 11.4. The van der Waals surface area contributed by atoms with Gasteiger partial charge in [-0.1, -0.05) is 18.7 Å². The van der Waals surface area contributed by atoms with Gasteiger partial charge in [0.25, 0.3) is 0 Å². The molecule has 0 N–H and O–H groups in total. The SMILES string of the molecule is C=CC(=O)N1CCc2nc(-c3nc(-c4ccc5c(c4)CCN(C(=O)OC(C)(C)C)C5)c4ccsc4c3-c3ccc(F)cc3OC)sc2C1. The minimum atomic E-state index is -0.556. The number of hydrogen-bond donors (Lipinski definition) is 0. The van der Waals surface area contributed by atoms with Crippen LogP contribution < -0.4 is 4.74 Å². The van der Waals surface area contributed by atoms with Gasteiger partial charge in [-0.05, 0) is 74.0 Å². The fourth-order valence-corrected chi connectivity index (χ4v) is 8.39. The summed E-state index contributed by atoms with van der Waals surface area (Å²) < 4.78 is 26.7. The van der Waals surface area contributed by atoms with Crippen LogP contribution in [0.4, 0.5) is 9.18 Å². The first-order valence-electron chi connectivity index (χ1n) is 15.8. The van der Waals surface area contributed by atoms with Crippen LogP contribution in [-0.4, -0.2) is 57.6 Å². The molecule has 7 rings (SSSR count). The van der Waals surface area contributed by atoms with Gasteiger partial charge in [-0.2, -0.15) is 0 Å². The number of aromatic nitrogens is 2. The Labute approximate surface area is 286 Å². The molecule has 0 saturated carbocycles. The molecule has 0 fully saturated rings. The molecule has 3 aromatic heterocycles. The normalized spacial score (nSPS) is 14.4. The van der Waals surface area contributed by atoms with Gasteiger partial charge in [0.15, 0.2) is 0 Å². The molecule has 0 aliphatic carbocycles. The van der Waals surface area contributed by atoms with E-state index in [1.807, 2.05) is 26.2 Å². The van der Waals surface area contributed by atoms with E-state index in [9.17, 15) is 14.0 Å². The second-order valence-corrected chi connectivity index (χ2v) is 14.9. The maximum atomic E-state index is 14.4. The summed E-state index contributed by atoms with van der Waals surface area (Å²) in [7, 11) is 1.54. The van der Waals surface area contributed by atoms with Gasteiger partial charge in [0.05, 0.1) is 25.0 Å². The fraction of sp³-hybridized carbons (Fsp3) is 0.297. The van der Waals surface area contributed by atoms with Crippen LogP contribution in [0.1, 0.15) is 42.5 Å². The van der Waals surface area contributed by atoms with E-state index in [1.165, 1.54) is 42.2 Å². The van der Waals surface area contributed by atoms with E-state index in [1.54, 1.807) is 27.2 Å². The highest BCUT2D eigenvalue weighted by Gasteiger charge is 2.29. The van der Waals surface area contributed by atoms with Gasteiger partial charge in [-0.3, -0.25) is 4.79 Å². The number of amides is 2. The number of thiophene rings is 1. The van der Waals surface area contributed by atoms with Crippen LogP contribution in [0.5, 0.6) is 5.75 Å². The number of carbonyl (C=O) groups is 2. The molecular weight excluding hydrogens is 648 g/mol. The molecule has 246 valence electrons. The predicted octanol–water partition coefficient (Wildman–Crippen LogP) is 8.27. The van der Waals surface area contributed by atoms with Gasteiger partial charge in [-0.15, -0.1) is 22.7 Å². The number of rotatable bonds is 5. The third-order valence-corrected chi connectivity index (χ3v) is 10.6. The Bertz CT molecular complexity index is 2100. The van der Waals surface area contributed by atoms with Crippen molar-refractivity contribution in [3.63, 3.8) is 0 Å². The molecule has 0 saturated heterocycles. The Morgan fingerprint density at radius 1 is 0.979 bits per heavy atom. The molecule has 5 heterocycles. The zero-order chi connectivity index (χ0) is 33.7. The average Bonchev–Trinajstić information content (AvgIpc) is 3.73. The second kappa shape index (κ2) is 12.4. The number of ether oxygens (including phenoxy) is 2. The van der Waals surface area contributed by atoms with Crippen molar-refractivity contribution in [1.29, 1.82) is 0 Å². The first kappa shape index (κ1) is 32.0. The summed E-state index contributed by atoms with van der Waals surface area (Å²) >= 11 is 3.12. The Morgan fingerprint density at radius 3 is 2.56 bits per heavy atom. The minimum absolute atomic E-state index is 0.102. The molecule has 2 aliphatic rings. The number of benzene rings is 2. The molecule has 0 spiro atoms. The van der Waals surface area contributed by atoms with Crippen molar-refractivity contribution in [3.05, 3.63) is 88.0 Å². The van der Waals surface area contributed by atoms with Crippen molar-refractivity contribution in [2.24, 2.45) is 0 Å². The van der Waals surface area contributed by atoms with Crippen LogP contribution >= 0.6 is 22.7 Å². The highest BCUT2D eigenvalue weighted by atomic mass is 32.1. The van der Waals surface area contributed by atoms with E-state index in [4.69, 9.17) is 19.4 Å². The summed E-state index contributed by atoms with van der Waals surface area (Å²) in [6.07, 6.45) is 2.38. The minimum Gasteiger partial charge on any atom is -0.496 e. The van der Waals surface area contributed by atoms with Crippen LogP contribution in [0.25, 0.3) is 43.2 Å². The summed E-state index contributed by atoms with van der Waals surface area (Å²) in [4.78, 5) is 40.2. The molecule has 8 nitrogen and oxygen atoms in total. The number of thiazole rings is 1. The number of nitrogens with zero attached hydrogens (tertiary/aromatic N) is 4. The Hall–Kier alpha value is -4.61. The standard InChI is InChI=1S/C37H35FN4O4S2/c1-6-30(43)41-15-12-27-29(20-41)48-35(39-27)33-31(25-10-9-24(38)18-28(25)45-5)34-26(13-16-47-34)32(40-33)22-7-8-23-19-42(14-11-21(23)17-22)36(44)46-37(2,3)4/h6-10,13,16-18H,1,11-12,14-15,19-20H2,2-5H3. The van der Waals surface area contributed by atoms with Crippen molar-refractivity contribution in [2.45, 2.75) is 52.3 Å². The van der Waals surface area contributed by atoms with E-state index in [2.05, 4.69) is 30.8 Å². The smallest absolute Gasteiger partial charge is 0.410 e. The first-order valence-corrected chi connectivity index (χ1v) is 17.5. The van der Waals surface area contributed by atoms with Crippen molar-refractivity contribution >= 4 is 44.8 Å². The molecule has 2 aliphatic heterocycles. The number of halogens is 1. The Balaban J connectivity index is 1.36. The predicted molar refractivity (Wildman–Crippen MR) is 188 cm³/mol. The van der Waals surface area contributed by atoms with E-state index in [-0.39, 0.29) is 17.8 Å². The molecule has 2 aromatic carbocycles. The molecule has 0 radical (unpaired) electrons. The van der Waals surface area contributed by atoms with Crippen LogP contribution in [-0.2, 0) is 35.5 Å². The van der Waals surface area contributed by atoms with Crippen molar-refractivity contribution in [3.8, 4) is 38.8 Å². The van der Waals surface area contributed by atoms with Crippen LogP contribution in [0, 0.1) is 5.82 Å². The molecular formula is C37H35FN4O4S2. The molecule has 48 heavy (non-hydrogen) atoms. The average molecular weight is 683 g/mol. The number of methoxy groups -OCH3 is 1. The van der Waals surface area contributed by atoms with Crippen molar-refractivity contribution < 1.29 is 23.5 Å². The maximum Gasteiger partial charge on any atom is 0.410 e. The van der Waals surface area contributed by atoms with Crippen LogP contribution in [0.3, 0.4) is 0 Å². The van der Waals surface area contributed by atoms with E-state index < -0.39 is 5.60 Å². The zero-order valence-electron chi connectivity index (χ0n) is 27.3. The lowest BCUT2D eigenvalue weighted by Crippen LogP contribution is -2.39. The lowest BCUT2D eigenvalue weighted by Gasteiger charge is -2.31. The third kappa shape index (κ3) is 5.97. The monoisotopic (exact) mass is 682 g/mol. The maximum absolute atomic E-state index is 14.4. The lowest BCUT2D eigenvalue weighted by molar-refractivity contribution is -0.126. The van der Waals surface area contributed by atoms with E-state index in [0.717, 1.165) is 53.6 Å². The molecule has 2 amide bonds. The molecule has 11 heteroatoms. The van der Waals surface area contributed by atoms with E-state index in [0.29, 0.717) is 50.5 Å². The van der Waals surface area contributed by atoms with E-state index >= 15 is 0 Å². The summed E-state index contributed by atoms with van der Waals surface area (Å²) in [5.74, 6) is -0.0811. The highest BCUT2D eigenvalue weighted by molar-refractivity contribution is 7.18. The van der Waals surface area contributed by atoms with Gasteiger partial charge < -0.3 is 19.3 Å². The molecule has 0 atom stereocenters. The van der Waals surface area contributed by atoms with Gasteiger partial charge >= 0.3 is 6.09 Å². The summed E-state index contributed by atoms with van der Waals surface area (Å²) in [5, 5.41) is 3.75. The number of carbonyl (C=O) groups excluding carboxylic acids is 2. The molecule has 0 bridgehead atoms. The third-order valence-electron chi connectivity index (χ3n) is 8.60. The summed E-state index contributed by atoms with van der Waals surface area (Å²) in [6, 6.07) is 12.9. The van der Waals surface area contributed by atoms with Crippen LogP contribution in [0.2, 0.25) is 0 Å². The van der Waals surface area contributed by atoms with Gasteiger partial charge in [0.1, 0.15) is 27.9 Å². The fourth-order valence-electron chi connectivity index (χ4n) is 6.32. The van der Waals surface area contributed by atoms with Gasteiger partial charge in [0, 0.05) is 63.8 Å². The number of hydrogen-bond acceptors (Lipinski definition) is 8. The second-order valence-electron chi connectivity index (χ2n) is 12.9. The van der Waals surface area contributed by atoms with Gasteiger partial charge in [0.2, 0.25) is 5.91 Å². The largest absolute Gasteiger partial charge is 0.496 e. The zero-order valence-corrected chi connectivity index (χ0v) is 28.9. The first-order chi connectivity index (χ1) is 23.0. The molecule has 0 unspecified atom stereocenters. The quantitative estimate of drug-likeness (QED) is 0.174. The molecule has 5 aromatic rings. The highest BCUT2D eigenvalue weighted by Crippen LogP contribution is 2.47. The Kier molecular flexibility index (Phi) is 8.29. The topological polar surface area (TPSA) is 84.9 Å². The van der Waals surface area contributed by atoms with Crippen molar-refractivity contribution in [1.82, 2.24) is 19.8 Å². The lowest BCUT2D eigenvalue weighted by atomic mass is 9.94. The van der Waals surface area contributed by atoms with Gasteiger partial charge in [-0.25, -0.2) is 19.2 Å². The number of pyridine rings is 1. The number of fused-ring (bicyclic) bond motifs is 3. The van der Waals surface area contributed by atoms with Crippen LogP contribution in [0.15, 0.2) is 60.5 Å². The Morgan fingerprint density at radius 2 is 1.79 bits per heavy atom.